The fourth-order valence-corrected chi connectivity index (χ4v) is 3.10. The van der Waals surface area contributed by atoms with E-state index < -0.39 is 0 Å². The Morgan fingerprint density at radius 2 is 1.89 bits per heavy atom. The molecule has 0 bridgehead atoms. The second-order valence-corrected chi connectivity index (χ2v) is 6.81. The molecule has 0 unspecified atom stereocenters. The molecule has 1 heterocycles. The molecule has 0 aliphatic carbocycles. The topological polar surface area (TPSA) is 20.3 Å². The summed E-state index contributed by atoms with van der Waals surface area (Å²) in [7, 11) is 1.84. The highest BCUT2D eigenvalue weighted by Crippen LogP contribution is 2.22. The Labute approximate surface area is 126 Å². The fraction of sp³-hybridized carbons (Fsp3) is 0.267. The SMILES string of the molecule is Cc1cc(C(=O)N(C)Cc2ccc(Br)cc2)sc1C. The molecule has 4 heteroatoms. The lowest BCUT2D eigenvalue weighted by Crippen LogP contribution is -2.25. The lowest BCUT2D eigenvalue weighted by atomic mass is 10.2. The molecular formula is C15H16BrNOS. The molecule has 0 atom stereocenters. The smallest absolute Gasteiger partial charge is 0.263 e. The van der Waals surface area contributed by atoms with E-state index in [2.05, 4.69) is 15.9 Å². The number of nitrogens with zero attached hydrogens (tertiary/aromatic N) is 1. The Morgan fingerprint density at radius 3 is 2.42 bits per heavy atom. The largest absolute Gasteiger partial charge is 0.337 e. The van der Waals surface area contributed by atoms with Gasteiger partial charge in [-0.05, 0) is 43.2 Å². The van der Waals surface area contributed by atoms with Crippen molar-refractivity contribution in [3.63, 3.8) is 0 Å². The summed E-state index contributed by atoms with van der Waals surface area (Å²) in [5.74, 6) is 0.0871. The zero-order valence-corrected chi connectivity index (χ0v) is 13.6. The molecule has 2 nitrogen and oxygen atoms in total. The monoisotopic (exact) mass is 337 g/mol. The number of amides is 1. The average Bonchev–Trinajstić information content (AvgIpc) is 2.71. The van der Waals surface area contributed by atoms with E-state index in [1.807, 2.05) is 51.2 Å². The van der Waals surface area contributed by atoms with Gasteiger partial charge in [-0.2, -0.15) is 0 Å². The van der Waals surface area contributed by atoms with Crippen LogP contribution in [0.15, 0.2) is 34.8 Å². The summed E-state index contributed by atoms with van der Waals surface area (Å²) in [6.45, 7) is 4.71. The van der Waals surface area contributed by atoms with Crippen LogP contribution in [0.2, 0.25) is 0 Å². The van der Waals surface area contributed by atoms with Crippen molar-refractivity contribution in [2.75, 3.05) is 7.05 Å². The summed E-state index contributed by atoms with van der Waals surface area (Å²) < 4.78 is 1.05. The molecule has 1 aromatic heterocycles. The Kier molecular flexibility index (Phi) is 4.42. The first-order chi connectivity index (χ1) is 8.97. The van der Waals surface area contributed by atoms with Crippen LogP contribution in [-0.4, -0.2) is 17.9 Å². The van der Waals surface area contributed by atoms with E-state index in [1.165, 1.54) is 10.4 Å². The van der Waals surface area contributed by atoms with Gasteiger partial charge < -0.3 is 4.90 Å². The first-order valence-electron chi connectivity index (χ1n) is 6.04. The third kappa shape index (κ3) is 3.45. The van der Waals surface area contributed by atoms with Gasteiger partial charge in [-0.25, -0.2) is 0 Å². The molecule has 19 heavy (non-hydrogen) atoms. The quantitative estimate of drug-likeness (QED) is 0.812. The van der Waals surface area contributed by atoms with Gasteiger partial charge in [-0.15, -0.1) is 11.3 Å². The molecular weight excluding hydrogens is 322 g/mol. The van der Waals surface area contributed by atoms with E-state index in [1.54, 1.807) is 16.2 Å². The van der Waals surface area contributed by atoms with Crippen molar-refractivity contribution >= 4 is 33.2 Å². The molecule has 0 fully saturated rings. The molecule has 0 aliphatic heterocycles. The second kappa shape index (κ2) is 5.88. The average molecular weight is 338 g/mol. The predicted octanol–water partition coefficient (Wildman–Crippen LogP) is 4.40. The maximum atomic E-state index is 12.3. The van der Waals surface area contributed by atoms with Gasteiger partial charge in [0.25, 0.3) is 5.91 Å². The van der Waals surface area contributed by atoms with Crippen LogP contribution < -0.4 is 0 Å². The van der Waals surface area contributed by atoms with Crippen LogP contribution in [0.25, 0.3) is 0 Å². The Bertz CT molecular complexity index is 569. The van der Waals surface area contributed by atoms with E-state index in [0.29, 0.717) is 6.54 Å². The summed E-state index contributed by atoms with van der Waals surface area (Å²) in [5.41, 5.74) is 2.31. The summed E-state index contributed by atoms with van der Waals surface area (Å²) in [4.78, 5) is 16.1. The summed E-state index contributed by atoms with van der Waals surface area (Å²) in [6.07, 6.45) is 0. The van der Waals surface area contributed by atoms with Gasteiger partial charge in [0.15, 0.2) is 0 Å². The normalized spacial score (nSPS) is 10.5. The van der Waals surface area contributed by atoms with Crippen molar-refractivity contribution in [1.29, 1.82) is 0 Å². The molecule has 100 valence electrons. The van der Waals surface area contributed by atoms with Crippen LogP contribution in [0.1, 0.15) is 25.7 Å². The molecule has 1 aromatic carbocycles. The van der Waals surface area contributed by atoms with Crippen LogP contribution in [-0.2, 0) is 6.54 Å². The third-order valence-electron chi connectivity index (χ3n) is 3.06. The summed E-state index contributed by atoms with van der Waals surface area (Å²) in [5, 5.41) is 0. The first-order valence-corrected chi connectivity index (χ1v) is 7.65. The van der Waals surface area contributed by atoms with Gasteiger partial charge >= 0.3 is 0 Å². The van der Waals surface area contributed by atoms with E-state index in [4.69, 9.17) is 0 Å². The molecule has 0 N–H and O–H groups in total. The lowest BCUT2D eigenvalue weighted by Gasteiger charge is -2.16. The molecule has 0 saturated heterocycles. The number of hydrogen-bond acceptors (Lipinski definition) is 2. The van der Waals surface area contributed by atoms with Crippen molar-refractivity contribution in [3.05, 3.63) is 55.7 Å². The second-order valence-electron chi connectivity index (χ2n) is 4.64. The van der Waals surface area contributed by atoms with Gasteiger partial charge in [0.1, 0.15) is 0 Å². The number of rotatable bonds is 3. The number of hydrogen-bond donors (Lipinski definition) is 0. The zero-order chi connectivity index (χ0) is 14.0. The van der Waals surface area contributed by atoms with E-state index in [9.17, 15) is 4.79 Å². The molecule has 0 saturated carbocycles. The molecule has 0 radical (unpaired) electrons. The van der Waals surface area contributed by atoms with Gasteiger partial charge in [0.2, 0.25) is 0 Å². The molecule has 0 spiro atoms. The minimum atomic E-state index is 0.0871. The van der Waals surface area contributed by atoms with E-state index in [-0.39, 0.29) is 5.91 Å². The van der Waals surface area contributed by atoms with Crippen molar-refractivity contribution in [3.8, 4) is 0 Å². The Balaban J connectivity index is 2.09. The maximum absolute atomic E-state index is 12.3. The minimum Gasteiger partial charge on any atom is -0.337 e. The molecule has 1 amide bonds. The van der Waals surface area contributed by atoms with Crippen LogP contribution in [0, 0.1) is 13.8 Å². The van der Waals surface area contributed by atoms with Crippen LogP contribution >= 0.6 is 27.3 Å². The minimum absolute atomic E-state index is 0.0871. The Hall–Kier alpha value is -1.13. The van der Waals surface area contributed by atoms with Gasteiger partial charge in [-0.1, -0.05) is 28.1 Å². The number of halogens is 1. The molecule has 0 aliphatic rings. The van der Waals surface area contributed by atoms with Crippen molar-refractivity contribution in [2.45, 2.75) is 20.4 Å². The van der Waals surface area contributed by atoms with Gasteiger partial charge in [0.05, 0.1) is 4.88 Å². The number of benzene rings is 1. The van der Waals surface area contributed by atoms with E-state index in [0.717, 1.165) is 14.9 Å². The highest BCUT2D eigenvalue weighted by atomic mass is 79.9. The third-order valence-corrected chi connectivity index (χ3v) is 4.73. The van der Waals surface area contributed by atoms with Crippen LogP contribution in [0.4, 0.5) is 0 Å². The summed E-state index contributed by atoms with van der Waals surface area (Å²) >= 11 is 4.97. The zero-order valence-electron chi connectivity index (χ0n) is 11.2. The van der Waals surface area contributed by atoms with E-state index >= 15 is 0 Å². The number of carbonyl (C=O) groups excluding carboxylic acids is 1. The molecule has 2 rings (SSSR count). The van der Waals surface area contributed by atoms with Crippen molar-refractivity contribution in [2.24, 2.45) is 0 Å². The van der Waals surface area contributed by atoms with Crippen LogP contribution in [0.5, 0.6) is 0 Å². The fourth-order valence-electron chi connectivity index (χ4n) is 1.80. The predicted molar refractivity (Wildman–Crippen MR) is 83.7 cm³/mol. The maximum Gasteiger partial charge on any atom is 0.263 e. The Morgan fingerprint density at radius 1 is 1.26 bits per heavy atom. The standard InChI is InChI=1S/C15H16BrNOS/c1-10-8-14(19-11(10)2)15(18)17(3)9-12-4-6-13(16)7-5-12/h4-8H,9H2,1-3H3. The first kappa shape index (κ1) is 14.3. The summed E-state index contributed by atoms with van der Waals surface area (Å²) in [6, 6.07) is 10.0. The molecule has 2 aromatic rings. The van der Waals surface area contributed by atoms with Gasteiger partial charge in [0, 0.05) is 22.9 Å². The lowest BCUT2D eigenvalue weighted by molar-refractivity contribution is 0.0790. The van der Waals surface area contributed by atoms with Crippen LogP contribution in [0.3, 0.4) is 0 Å². The highest BCUT2D eigenvalue weighted by Gasteiger charge is 2.15. The van der Waals surface area contributed by atoms with Crippen molar-refractivity contribution < 1.29 is 4.79 Å². The highest BCUT2D eigenvalue weighted by molar-refractivity contribution is 9.10. The number of carbonyl (C=O) groups is 1. The van der Waals surface area contributed by atoms with Crippen molar-refractivity contribution in [1.82, 2.24) is 4.90 Å². The number of thiophene rings is 1. The number of aryl methyl sites for hydroxylation is 2. The van der Waals surface area contributed by atoms with Gasteiger partial charge in [-0.3, -0.25) is 4.79 Å².